The first kappa shape index (κ1) is 25.5. The fourth-order valence-corrected chi connectivity index (χ4v) is 4.40. The van der Waals surface area contributed by atoms with Crippen LogP contribution in [0.2, 0.25) is 0 Å². The molecule has 0 radical (unpaired) electrons. The smallest absolute Gasteiger partial charge is 0.242 e. The number of likely N-dealkylation sites (tertiary alicyclic amines) is 1. The van der Waals surface area contributed by atoms with Crippen molar-refractivity contribution in [1.29, 1.82) is 0 Å². The van der Waals surface area contributed by atoms with E-state index in [4.69, 9.17) is 4.74 Å². The van der Waals surface area contributed by atoms with Gasteiger partial charge in [-0.15, -0.1) is 0 Å². The summed E-state index contributed by atoms with van der Waals surface area (Å²) < 4.78 is 5.20. The summed E-state index contributed by atoms with van der Waals surface area (Å²) in [6, 6.07) is 6.61. The molecular formula is C26H35N3O5. The van der Waals surface area contributed by atoms with Crippen molar-refractivity contribution >= 4 is 23.6 Å². The standard InChI is InChI=1S/C26H35N3O5/c1-17(2)15-27-24(31)18(3)29(16-19-9-11-20(34-4)12-10-19)23(30)13-14-28-25(32)21-7-5-6-8-22(21)26(28)33/h5-6,9-12,17-18,21-22H,7-8,13-16H2,1-4H3,(H,27,31)/t18?,21-,22+. The molecule has 8 nitrogen and oxygen atoms in total. The maximum absolute atomic E-state index is 13.3. The summed E-state index contributed by atoms with van der Waals surface area (Å²) in [6.45, 7) is 6.48. The summed E-state index contributed by atoms with van der Waals surface area (Å²) in [4.78, 5) is 54.3. The predicted molar refractivity (Wildman–Crippen MR) is 128 cm³/mol. The van der Waals surface area contributed by atoms with Gasteiger partial charge in [-0.3, -0.25) is 24.1 Å². The molecule has 1 fully saturated rings. The zero-order valence-electron chi connectivity index (χ0n) is 20.5. The summed E-state index contributed by atoms with van der Waals surface area (Å²) in [7, 11) is 1.58. The molecule has 1 unspecified atom stereocenters. The topological polar surface area (TPSA) is 96.0 Å². The fourth-order valence-electron chi connectivity index (χ4n) is 4.40. The molecule has 8 heteroatoms. The van der Waals surface area contributed by atoms with Crippen LogP contribution in [0.15, 0.2) is 36.4 Å². The summed E-state index contributed by atoms with van der Waals surface area (Å²) in [5.74, 6) is -0.559. The minimum atomic E-state index is -0.704. The van der Waals surface area contributed by atoms with Crippen LogP contribution in [-0.2, 0) is 25.7 Å². The second-order valence-electron chi connectivity index (χ2n) is 9.42. The second-order valence-corrected chi connectivity index (χ2v) is 9.42. The molecule has 0 saturated carbocycles. The van der Waals surface area contributed by atoms with Crippen LogP contribution in [0.5, 0.6) is 5.75 Å². The van der Waals surface area contributed by atoms with Gasteiger partial charge in [0.2, 0.25) is 23.6 Å². The van der Waals surface area contributed by atoms with Crippen LogP contribution in [0, 0.1) is 17.8 Å². The van der Waals surface area contributed by atoms with E-state index in [1.807, 2.05) is 38.1 Å². The predicted octanol–water partition coefficient (Wildman–Crippen LogP) is 2.53. The third-order valence-electron chi connectivity index (χ3n) is 6.51. The minimum Gasteiger partial charge on any atom is -0.497 e. The quantitative estimate of drug-likeness (QED) is 0.420. The number of imide groups is 1. The Labute approximate surface area is 201 Å². The van der Waals surface area contributed by atoms with Gasteiger partial charge in [0, 0.05) is 26.1 Å². The normalized spacial score (nSPS) is 20.3. The van der Waals surface area contributed by atoms with E-state index in [1.165, 1.54) is 9.80 Å². The first-order valence-corrected chi connectivity index (χ1v) is 11.9. The molecule has 1 N–H and O–H groups in total. The van der Waals surface area contributed by atoms with Crippen molar-refractivity contribution < 1.29 is 23.9 Å². The number of allylic oxidation sites excluding steroid dienone is 2. The number of hydrogen-bond donors (Lipinski definition) is 1. The van der Waals surface area contributed by atoms with Crippen LogP contribution >= 0.6 is 0 Å². The second kappa shape index (κ2) is 11.3. The zero-order valence-corrected chi connectivity index (χ0v) is 20.5. The van der Waals surface area contributed by atoms with Crippen LogP contribution in [0.4, 0.5) is 0 Å². The van der Waals surface area contributed by atoms with E-state index in [-0.39, 0.29) is 60.9 Å². The van der Waals surface area contributed by atoms with Crippen molar-refractivity contribution in [1.82, 2.24) is 15.1 Å². The fraction of sp³-hybridized carbons (Fsp3) is 0.538. The number of fused-ring (bicyclic) bond motifs is 1. The van der Waals surface area contributed by atoms with Gasteiger partial charge in [0.15, 0.2) is 0 Å². The number of methoxy groups -OCH3 is 1. The van der Waals surface area contributed by atoms with Crippen LogP contribution in [0.25, 0.3) is 0 Å². The molecule has 1 aliphatic carbocycles. The molecule has 2 aliphatic rings. The Morgan fingerprint density at radius 1 is 1.06 bits per heavy atom. The molecule has 184 valence electrons. The van der Waals surface area contributed by atoms with E-state index >= 15 is 0 Å². The average Bonchev–Trinajstić information content (AvgIpc) is 3.08. The highest BCUT2D eigenvalue weighted by Gasteiger charge is 2.47. The number of nitrogens with zero attached hydrogens (tertiary/aromatic N) is 2. The highest BCUT2D eigenvalue weighted by Crippen LogP contribution is 2.35. The molecule has 0 aromatic heterocycles. The molecule has 1 aromatic rings. The molecule has 1 aliphatic heterocycles. The number of carbonyl (C=O) groups is 4. The highest BCUT2D eigenvalue weighted by molar-refractivity contribution is 6.05. The van der Waals surface area contributed by atoms with Crippen molar-refractivity contribution in [2.24, 2.45) is 17.8 Å². The van der Waals surface area contributed by atoms with E-state index in [9.17, 15) is 19.2 Å². The van der Waals surface area contributed by atoms with Crippen molar-refractivity contribution in [2.75, 3.05) is 20.2 Å². The van der Waals surface area contributed by atoms with Crippen LogP contribution < -0.4 is 10.1 Å². The van der Waals surface area contributed by atoms with Gasteiger partial charge < -0.3 is 15.0 Å². The Kier molecular flexibility index (Phi) is 8.47. The molecule has 3 atom stereocenters. The molecule has 1 saturated heterocycles. The molecule has 1 aromatic carbocycles. The maximum atomic E-state index is 13.3. The Hall–Kier alpha value is -3.16. The number of benzene rings is 1. The largest absolute Gasteiger partial charge is 0.497 e. The van der Waals surface area contributed by atoms with Crippen molar-refractivity contribution in [2.45, 2.75) is 52.6 Å². The first-order chi connectivity index (χ1) is 16.2. The first-order valence-electron chi connectivity index (χ1n) is 11.9. The monoisotopic (exact) mass is 469 g/mol. The maximum Gasteiger partial charge on any atom is 0.242 e. The van der Waals surface area contributed by atoms with Gasteiger partial charge in [0.25, 0.3) is 0 Å². The lowest BCUT2D eigenvalue weighted by Gasteiger charge is -2.29. The number of nitrogens with one attached hydrogen (secondary N) is 1. The van der Waals surface area contributed by atoms with E-state index in [2.05, 4.69) is 5.32 Å². The summed E-state index contributed by atoms with van der Waals surface area (Å²) >= 11 is 0. The van der Waals surface area contributed by atoms with E-state index in [0.717, 1.165) is 5.56 Å². The number of ether oxygens (including phenoxy) is 1. The van der Waals surface area contributed by atoms with Gasteiger partial charge >= 0.3 is 0 Å². The van der Waals surface area contributed by atoms with Crippen LogP contribution in [0.3, 0.4) is 0 Å². The van der Waals surface area contributed by atoms with Gasteiger partial charge in [-0.2, -0.15) is 0 Å². The Morgan fingerprint density at radius 2 is 1.65 bits per heavy atom. The number of carbonyl (C=O) groups excluding carboxylic acids is 4. The van der Waals surface area contributed by atoms with Crippen molar-refractivity contribution in [3.05, 3.63) is 42.0 Å². The van der Waals surface area contributed by atoms with Gasteiger partial charge in [0.05, 0.1) is 18.9 Å². The third kappa shape index (κ3) is 5.85. The summed E-state index contributed by atoms with van der Waals surface area (Å²) in [6.07, 6.45) is 4.99. The Morgan fingerprint density at radius 3 is 2.18 bits per heavy atom. The highest BCUT2D eigenvalue weighted by atomic mass is 16.5. The Bertz CT molecular complexity index is 914. The van der Waals surface area contributed by atoms with E-state index < -0.39 is 6.04 Å². The minimum absolute atomic E-state index is 0.0255. The number of hydrogen-bond acceptors (Lipinski definition) is 5. The molecule has 0 bridgehead atoms. The molecular weight excluding hydrogens is 434 g/mol. The zero-order chi connectivity index (χ0) is 24.8. The van der Waals surface area contributed by atoms with Crippen molar-refractivity contribution in [3.8, 4) is 5.75 Å². The lowest BCUT2D eigenvalue weighted by atomic mass is 9.85. The van der Waals surface area contributed by atoms with Crippen LogP contribution in [0.1, 0.15) is 45.6 Å². The third-order valence-corrected chi connectivity index (χ3v) is 6.51. The molecule has 3 rings (SSSR count). The van der Waals surface area contributed by atoms with E-state index in [1.54, 1.807) is 26.2 Å². The SMILES string of the molecule is COc1ccc(CN(C(=O)CCN2C(=O)[C@H]3CC=CC[C@H]3C2=O)C(C)C(=O)NCC(C)C)cc1. The lowest BCUT2D eigenvalue weighted by Crippen LogP contribution is -2.49. The van der Waals surface area contributed by atoms with Gasteiger partial charge in [0.1, 0.15) is 11.8 Å². The van der Waals surface area contributed by atoms with Crippen molar-refractivity contribution in [3.63, 3.8) is 0 Å². The van der Waals surface area contributed by atoms with Gasteiger partial charge in [-0.25, -0.2) is 0 Å². The molecule has 4 amide bonds. The van der Waals surface area contributed by atoms with Crippen LogP contribution in [-0.4, -0.2) is 59.7 Å². The lowest BCUT2D eigenvalue weighted by molar-refractivity contribution is -0.143. The average molecular weight is 470 g/mol. The van der Waals surface area contributed by atoms with E-state index in [0.29, 0.717) is 25.1 Å². The number of amides is 4. The molecule has 0 spiro atoms. The van der Waals surface area contributed by atoms with Gasteiger partial charge in [-0.1, -0.05) is 38.1 Å². The summed E-state index contributed by atoms with van der Waals surface area (Å²) in [5, 5.41) is 2.89. The number of rotatable bonds is 10. The molecule has 1 heterocycles. The van der Waals surface area contributed by atoms with Gasteiger partial charge in [-0.05, 0) is 43.4 Å². The summed E-state index contributed by atoms with van der Waals surface area (Å²) in [5.41, 5.74) is 0.850. The Balaban J connectivity index is 1.70. The molecule has 34 heavy (non-hydrogen) atoms.